The number of para-hydroxylation sites is 1. The van der Waals surface area contributed by atoms with Gasteiger partial charge in [0.05, 0.1) is 25.4 Å². The summed E-state index contributed by atoms with van der Waals surface area (Å²) in [5.74, 6) is 2.16. The Morgan fingerprint density at radius 1 is 0.900 bits per heavy atom. The summed E-state index contributed by atoms with van der Waals surface area (Å²) in [4.78, 5) is 9.27. The topological polar surface area (TPSA) is 68.3 Å². The van der Waals surface area contributed by atoms with Gasteiger partial charge >= 0.3 is 0 Å². The molecule has 2 N–H and O–H groups in total. The minimum atomic E-state index is -0.258. The summed E-state index contributed by atoms with van der Waals surface area (Å²) in [6.45, 7) is 0.507. The van der Waals surface area contributed by atoms with Crippen molar-refractivity contribution >= 4 is 28.4 Å². The van der Waals surface area contributed by atoms with Crippen molar-refractivity contribution in [2.24, 2.45) is 0 Å². The van der Waals surface area contributed by atoms with E-state index in [1.807, 2.05) is 36.4 Å². The Hall–Kier alpha value is -3.87. The van der Waals surface area contributed by atoms with Crippen LogP contribution in [0, 0.1) is 5.82 Å². The van der Waals surface area contributed by atoms with Gasteiger partial charge in [-0.1, -0.05) is 24.3 Å². The van der Waals surface area contributed by atoms with Crippen LogP contribution >= 0.6 is 0 Å². The van der Waals surface area contributed by atoms with Crippen LogP contribution in [0.15, 0.2) is 66.7 Å². The van der Waals surface area contributed by atoms with E-state index in [1.54, 1.807) is 32.4 Å². The largest absolute Gasteiger partial charge is 0.497 e. The number of fused-ring (bicyclic) bond motifs is 1. The number of hydrogen-bond acceptors (Lipinski definition) is 6. The molecule has 1 aromatic heterocycles. The van der Waals surface area contributed by atoms with Gasteiger partial charge in [0.15, 0.2) is 0 Å². The van der Waals surface area contributed by atoms with E-state index in [-0.39, 0.29) is 5.82 Å². The molecule has 4 aromatic rings. The fraction of sp³-hybridized carbons (Fsp3) is 0.130. The van der Waals surface area contributed by atoms with Crippen LogP contribution in [-0.4, -0.2) is 24.2 Å². The monoisotopic (exact) mass is 404 g/mol. The Morgan fingerprint density at radius 3 is 2.47 bits per heavy atom. The van der Waals surface area contributed by atoms with E-state index in [9.17, 15) is 4.39 Å². The lowest BCUT2D eigenvalue weighted by molar-refractivity contribution is 0.395. The molecule has 1 heterocycles. The number of rotatable bonds is 7. The minimum Gasteiger partial charge on any atom is -0.497 e. The van der Waals surface area contributed by atoms with Crippen molar-refractivity contribution in [3.8, 4) is 11.5 Å². The smallest absolute Gasteiger partial charge is 0.229 e. The van der Waals surface area contributed by atoms with E-state index in [0.717, 1.165) is 22.2 Å². The molecule has 6 nitrogen and oxygen atoms in total. The van der Waals surface area contributed by atoms with E-state index in [1.165, 1.54) is 12.1 Å². The van der Waals surface area contributed by atoms with Crippen LogP contribution in [0.4, 0.5) is 21.8 Å². The normalized spacial score (nSPS) is 10.6. The van der Waals surface area contributed by atoms with E-state index >= 15 is 0 Å². The molecule has 0 unspecified atom stereocenters. The average Bonchev–Trinajstić information content (AvgIpc) is 2.78. The van der Waals surface area contributed by atoms with Gasteiger partial charge in [0, 0.05) is 18.0 Å². The van der Waals surface area contributed by atoms with Gasteiger partial charge in [0.1, 0.15) is 23.1 Å². The van der Waals surface area contributed by atoms with Crippen LogP contribution in [0.3, 0.4) is 0 Å². The van der Waals surface area contributed by atoms with Crippen LogP contribution < -0.4 is 20.1 Å². The molecule has 0 aliphatic rings. The maximum atomic E-state index is 13.2. The number of halogens is 1. The second-order valence-corrected chi connectivity index (χ2v) is 6.58. The molecule has 0 bridgehead atoms. The number of hydrogen-bond donors (Lipinski definition) is 2. The number of methoxy groups -OCH3 is 2. The third-order valence-electron chi connectivity index (χ3n) is 4.63. The molecule has 30 heavy (non-hydrogen) atoms. The highest BCUT2D eigenvalue weighted by Crippen LogP contribution is 2.32. The highest BCUT2D eigenvalue weighted by atomic mass is 19.1. The van der Waals surface area contributed by atoms with Gasteiger partial charge in [-0.3, -0.25) is 0 Å². The lowest BCUT2D eigenvalue weighted by Crippen LogP contribution is -2.06. The molecule has 0 aliphatic carbocycles. The molecule has 0 saturated heterocycles. The first kappa shape index (κ1) is 19.4. The fourth-order valence-corrected chi connectivity index (χ4v) is 3.08. The van der Waals surface area contributed by atoms with E-state index in [2.05, 4.69) is 20.6 Å². The molecule has 0 radical (unpaired) electrons. The zero-order chi connectivity index (χ0) is 20.9. The maximum Gasteiger partial charge on any atom is 0.229 e. The molecule has 0 atom stereocenters. The second-order valence-electron chi connectivity index (χ2n) is 6.58. The van der Waals surface area contributed by atoms with Crippen LogP contribution in [0.1, 0.15) is 5.56 Å². The van der Waals surface area contributed by atoms with Gasteiger partial charge in [-0.05, 0) is 42.0 Å². The molecular weight excluding hydrogens is 383 g/mol. The highest BCUT2D eigenvalue weighted by molar-refractivity contribution is 5.90. The Bertz CT molecular complexity index is 1170. The maximum absolute atomic E-state index is 13.2. The molecule has 152 valence electrons. The average molecular weight is 404 g/mol. The second kappa shape index (κ2) is 8.65. The Labute approximate surface area is 173 Å². The summed E-state index contributed by atoms with van der Waals surface area (Å²) in [6.07, 6.45) is 0. The molecule has 4 rings (SSSR count). The van der Waals surface area contributed by atoms with Crippen molar-refractivity contribution in [2.45, 2.75) is 6.54 Å². The number of anilines is 3. The summed E-state index contributed by atoms with van der Waals surface area (Å²) >= 11 is 0. The van der Waals surface area contributed by atoms with Crippen LogP contribution in [-0.2, 0) is 6.54 Å². The standard InChI is InChI=1S/C23H21FN4O2/c1-29-17-11-12-20(21(13-17)30-2)27-23-26-19-6-4-3-5-18(19)22(28-23)25-14-15-7-9-16(24)10-8-15/h3-13H,14H2,1-2H3,(H2,25,26,27,28). The van der Waals surface area contributed by atoms with Crippen molar-refractivity contribution in [1.29, 1.82) is 0 Å². The molecule has 0 aliphatic heterocycles. The summed E-state index contributed by atoms with van der Waals surface area (Å²) < 4.78 is 23.9. The fourth-order valence-electron chi connectivity index (χ4n) is 3.08. The molecule has 3 aromatic carbocycles. The Balaban J connectivity index is 1.65. The number of benzene rings is 3. The lowest BCUT2D eigenvalue weighted by Gasteiger charge is -2.14. The van der Waals surface area contributed by atoms with Crippen molar-refractivity contribution < 1.29 is 13.9 Å². The van der Waals surface area contributed by atoms with E-state index in [4.69, 9.17) is 9.47 Å². The van der Waals surface area contributed by atoms with Crippen molar-refractivity contribution in [3.63, 3.8) is 0 Å². The summed E-state index contributed by atoms with van der Waals surface area (Å²) in [7, 11) is 3.20. The molecule has 0 spiro atoms. The summed E-state index contributed by atoms with van der Waals surface area (Å²) in [5, 5.41) is 7.45. The van der Waals surface area contributed by atoms with Crippen molar-refractivity contribution in [2.75, 3.05) is 24.9 Å². The number of aromatic nitrogens is 2. The predicted octanol–water partition coefficient (Wildman–Crippen LogP) is 5.14. The molecule has 7 heteroatoms. The molecular formula is C23H21FN4O2. The highest BCUT2D eigenvalue weighted by Gasteiger charge is 2.11. The van der Waals surface area contributed by atoms with Crippen LogP contribution in [0.25, 0.3) is 10.9 Å². The SMILES string of the molecule is COc1ccc(Nc2nc(NCc3ccc(F)cc3)c3ccccc3n2)c(OC)c1. The van der Waals surface area contributed by atoms with Gasteiger partial charge in [-0.25, -0.2) is 9.37 Å². The number of nitrogens with one attached hydrogen (secondary N) is 2. The lowest BCUT2D eigenvalue weighted by atomic mass is 10.2. The first-order valence-electron chi connectivity index (χ1n) is 9.40. The first-order chi connectivity index (χ1) is 14.7. The third kappa shape index (κ3) is 4.25. The molecule has 0 saturated carbocycles. The zero-order valence-electron chi connectivity index (χ0n) is 16.6. The number of nitrogens with zero attached hydrogens (tertiary/aromatic N) is 2. The van der Waals surface area contributed by atoms with Crippen molar-refractivity contribution in [1.82, 2.24) is 9.97 Å². The first-order valence-corrected chi connectivity index (χ1v) is 9.40. The molecule has 0 amide bonds. The molecule has 0 fully saturated rings. The van der Waals surface area contributed by atoms with Crippen molar-refractivity contribution in [3.05, 3.63) is 78.1 Å². The third-order valence-corrected chi connectivity index (χ3v) is 4.63. The van der Waals surface area contributed by atoms with Gasteiger partial charge in [-0.15, -0.1) is 0 Å². The van der Waals surface area contributed by atoms with E-state index in [0.29, 0.717) is 29.8 Å². The predicted molar refractivity (Wildman–Crippen MR) is 116 cm³/mol. The van der Waals surface area contributed by atoms with Gasteiger partial charge in [0.25, 0.3) is 0 Å². The number of ether oxygens (including phenoxy) is 2. The zero-order valence-corrected chi connectivity index (χ0v) is 16.6. The Kier molecular flexibility index (Phi) is 5.61. The summed E-state index contributed by atoms with van der Waals surface area (Å²) in [6, 6.07) is 19.6. The van der Waals surface area contributed by atoms with Crippen LogP contribution in [0.5, 0.6) is 11.5 Å². The quantitative estimate of drug-likeness (QED) is 0.444. The minimum absolute atomic E-state index is 0.258. The Morgan fingerprint density at radius 2 is 1.70 bits per heavy atom. The van der Waals surface area contributed by atoms with Gasteiger partial charge in [-0.2, -0.15) is 4.98 Å². The van der Waals surface area contributed by atoms with E-state index < -0.39 is 0 Å². The van der Waals surface area contributed by atoms with Gasteiger partial charge < -0.3 is 20.1 Å². The summed E-state index contributed by atoms with van der Waals surface area (Å²) in [5.41, 5.74) is 2.47. The van der Waals surface area contributed by atoms with Crippen LogP contribution in [0.2, 0.25) is 0 Å². The van der Waals surface area contributed by atoms with Gasteiger partial charge in [0.2, 0.25) is 5.95 Å².